The minimum atomic E-state index is -0.221. The molecule has 0 amide bonds. The second-order valence-corrected chi connectivity index (χ2v) is 7.76. The van der Waals surface area contributed by atoms with Gasteiger partial charge in [-0.15, -0.1) is 0 Å². The number of rotatable bonds is 10. The van der Waals surface area contributed by atoms with E-state index in [0.717, 1.165) is 49.0 Å². The molecule has 0 aliphatic carbocycles. The zero-order valence-electron chi connectivity index (χ0n) is 17.8. The molecule has 0 spiro atoms. The molecule has 0 aromatic heterocycles. The van der Waals surface area contributed by atoms with Crippen LogP contribution >= 0.6 is 0 Å². The van der Waals surface area contributed by atoms with Crippen LogP contribution in [-0.4, -0.2) is 36.8 Å². The normalized spacial score (nSPS) is 17.1. The predicted molar refractivity (Wildman–Crippen MR) is 116 cm³/mol. The van der Waals surface area contributed by atoms with Crippen LogP contribution < -0.4 is 0 Å². The molecule has 1 fully saturated rings. The fraction of sp³-hybridized carbons (Fsp3) is 0.480. The van der Waals surface area contributed by atoms with Crippen molar-refractivity contribution in [1.29, 1.82) is 0 Å². The second-order valence-electron chi connectivity index (χ2n) is 7.76. The van der Waals surface area contributed by atoms with Gasteiger partial charge in [0.1, 0.15) is 12.0 Å². The first-order chi connectivity index (χ1) is 14.7. The molecule has 0 bridgehead atoms. The number of carbonyl (C=O) groups is 1. The maximum absolute atomic E-state index is 13.1. The Labute approximate surface area is 179 Å². The van der Waals surface area contributed by atoms with Crippen LogP contribution in [-0.2, 0) is 20.9 Å². The molecule has 3 rings (SSSR count). The lowest BCUT2D eigenvalue weighted by atomic mass is 10.0. The van der Waals surface area contributed by atoms with E-state index < -0.39 is 0 Å². The van der Waals surface area contributed by atoms with E-state index in [1.165, 1.54) is 25.0 Å². The van der Waals surface area contributed by atoms with Crippen molar-refractivity contribution >= 4 is 5.97 Å². The Morgan fingerprint density at radius 3 is 2.43 bits per heavy atom. The summed E-state index contributed by atoms with van der Waals surface area (Å²) in [5, 5.41) is 0. The fourth-order valence-corrected chi connectivity index (χ4v) is 3.85. The topological polar surface area (TPSA) is 38.8 Å². The first-order valence-electron chi connectivity index (χ1n) is 11.0. The summed E-state index contributed by atoms with van der Waals surface area (Å²) in [6, 6.07) is 14.8. The Morgan fingerprint density at radius 2 is 1.73 bits per heavy atom. The highest BCUT2D eigenvalue weighted by Crippen LogP contribution is 2.23. The average molecular weight is 414 g/mol. The minimum Gasteiger partial charge on any atom is -0.466 e. The molecule has 5 heteroatoms. The fourth-order valence-electron chi connectivity index (χ4n) is 3.85. The Kier molecular flexibility index (Phi) is 8.84. The molecule has 1 aliphatic rings. The number of piperidine rings is 1. The molecule has 2 aromatic carbocycles. The van der Waals surface area contributed by atoms with Gasteiger partial charge in [-0.05, 0) is 67.9 Å². The molecule has 1 unspecified atom stereocenters. The summed E-state index contributed by atoms with van der Waals surface area (Å²) in [4.78, 5) is 13.9. The molecule has 0 N–H and O–H groups in total. The van der Waals surface area contributed by atoms with E-state index in [1.54, 1.807) is 12.1 Å². The number of unbranched alkanes of at least 4 members (excludes halogenated alkanes) is 1. The number of esters is 1. The minimum absolute atomic E-state index is 0.104. The van der Waals surface area contributed by atoms with Gasteiger partial charge in [-0.1, -0.05) is 36.4 Å². The lowest BCUT2D eigenvalue weighted by Gasteiger charge is -2.35. The zero-order valence-corrected chi connectivity index (χ0v) is 17.8. The van der Waals surface area contributed by atoms with Crippen LogP contribution in [0.2, 0.25) is 0 Å². The summed E-state index contributed by atoms with van der Waals surface area (Å²) in [5.41, 5.74) is 3.21. The first kappa shape index (κ1) is 22.4. The van der Waals surface area contributed by atoms with E-state index in [-0.39, 0.29) is 18.0 Å². The van der Waals surface area contributed by atoms with Gasteiger partial charge < -0.3 is 9.47 Å². The zero-order chi connectivity index (χ0) is 21.2. The molecule has 1 aliphatic heterocycles. The summed E-state index contributed by atoms with van der Waals surface area (Å²) in [6.07, 6.45) is 5.90. The number of nitrogens with zero attached hydrogens (tertiary/aromatic N) is 1. The highest BCUT2D eigenvalue weighted by Gasteiger charge is 2.22. The van der Waals surface area contributed by atoms with Gasteiger partial charge in [0, 0.05) is 19.5 Å². The van der Waals surface area contributed by atoms with E-state index in [4.69, 9.17) is 9.47 Å². The van der Waals surface area contributed by atoms with Crippen LogP contribution in [0.15, 0.2) is 48.5 Å². The van der Waals surface area contributed by atoms with Gasteiger partial charge in [-0.2, -0.15) is 0 Å². The SMILES string of the molecule is CCOC(=O)CCCCN1CCCCC1OCc1ccc(-c2ccc(F)cc2)cc1. The molecule has 4 nitrogen and oxygen atoms in total. The summed E-state index contributed by atoms with van der Waals surface area (Å²) in [7, 11) is 0. The molecule has 162 valence electrons. The van der Waals surface area contributed by atoms with Crippen molar-refractivity contribution < 1.29 is 18.7 Å². The highest BCUT2D eigenvalue weighted by molar-refractivity contribution is 5.69. The lowest BCUT2D eigenvalue weighted by Crippen LogP contribution is -2.41. The quantitative estimate of drug-likeness (QED) is 0.378. The van der Waals surface area contributed by atoms with Gasteiger partial charge in [0.15, 0.2) is 0 Å². The van der Waals surface area contributed by atoms with Gasteiger partial charge in [-0.3, -0.25) is 9.69 Å². The van der Waals surface area contributed by atoms with Crippen molar-refractivity contribution in [1.82, 2.24) is 4.90 Å². The Hall–Kier alpha value is -2.24. The lowest BCUT2D eigenvalue weighted by molar-refractivity contribution is -0.143. The maximum Gasteiger partial charge on any atom is 0.305 e. The number of carbonyl (C=O) groups excluding carboxylic acids is 1. The number of halogens is 1. The number of ether oxygens (including phenoxy) is 2. The number of likely N-dealkylation sites (tertiary alicyclic amines) is 1. The van der Waals surface area contributed by atoms with Crippen molar-refractivity contribution in [3.05, 3.63) is 59.9 Å². The van der Waals surface area contributed by atoms with Crippen LogP contribution in [0, 0.1) is 5.82 Å². The number of hydrogen-bond acceptors (Lipinski definition) is 4. The first-order valence-corrected chi connectivity index (χ1v) is 11.0. The summed E-state index contributed by atoms with van der Waals surface area (Å²) < 4.78 is 24.3. The van der Waals surface area contributed by atoms with Crippen molar-refractivity contribution in [3.63, 3.8) is 0 Å². The van der Waals surface area contributed by atoms with Crippen LogP contribution in [0.3, 0.4) is 0 Å². The molecular weight excluding hydrogens is 381 g/mol. The maximum atomic E-state index is 13.1. The van der Waals surface area contributed by atoms with E-state index in [2.05, 4.69) is 29.2 Å². The second kappa shape index (κ2) is 11.8. The Balaban J connectivity index is 1.45. The van der Waals surface area contributed by atoms with Gasteiger partial charge in [-0.25, -0.2) is 4.39 Å². The molecule has 2 aromatic rings. The smallest absolute Gasteiger partial charge is 0.305 e. The molecule has 1 saturated heterocycles. The Bertz CT molecular complexity index is 776. The van der Waals surface area contributed by atoms with E-state index in [1.807, 2.05) is 6.92 Å². The largest absolute Gasteiger partial charge is 0.466 e. The monoisotopic (exact) mass is 413 g/mol. The van der Waals surface area contributed by atoms with Crippen LogP contribution in [0.1, 0.15) is 51.0 Å². The van der Waals surface area contributed by atoms with Crippen molar-refractivity contribution in [3.8, 4) is 11.1 Å². The predicted octanol–water partition coefficient (Wildman–Crippen LogP) is 5.55. The third-order valence-corrected chi connectivity index (χ3v) is 5.51. The van der Waals surface area contributed by atoms with Gasteiger partial charge in [0.2, 0.25) is 0 Å². The molecule has 0 saturated carbocycles. The molecule has 0 radical (unpaired) electrons. The third-order valence-electron chi connectivity index (χ3n) is 5.51. The van der Waals surface area contributed by atoms with Crippen LogP contribution in [0.4, 0.5) is 4.39 Å². The molecule has 30 heavy (non-hydrogen) atoms. The molecule has 1 atom stereocenters. The molecular formula is C25H32FNO3. The van der Waals surface area contributed by atoms with Gasteiger partial charge in [0.05, 0.1) is 13.2 Å². The van der Waals surface area contributed by atoms with Crippen molar-refractivity contribution in [2.24, 2.45) is 0 Å². The average Bonchev–Trinajstić information content (AvgIpc) is 2.77. The van der Waals surface area contributed by atoms with E-state index >= 15 is 0 Å². The summed E-state index contributed by atoms with van der Waals surface area (Å²) in [6.45, 7) is 4.87. The van der Waals surface area contributed by atoms with Crippen molar-refractivity contribution in [2.75, 3.05) is 19.7 Å². The standard InChI is InChI=1S/C25H32FNO3/c1-2-29-25(28)8-4-6-18-27-17-5-3-7-24(27)30-19-20-9-11-21(12-10-20)22-13-15-23(26)16-14-22/h9-16,24H,2-8,17-19H2,1H3. The van der Waals surface area contributed by atoms with Crippen LogP contribution in [0.5, 0.6) is 0 Å². The summed E-state index contributed by atoms with van der Waals surface area (Å²) in [5.74, 6) is -0.324. The van der Waals surface area contributed by atoms with Gasteiger partial charge in [0.25, 0.3) is 0 Å². The molecule has 1 heterocycles. The van der Waals surface area contributed by atoms with Crippen LogP contribution in [0.25, 0.3) is 11.1 Å². The number of hydrogen-bond donors (Lipinski definition) is 0. The van der Waals surface area contributed by atoms with E-state index in [9.17, 15) is 9.18 Å². The third kappa shape index (κ3) is 6.92. The number of benzene rings is 2. The summed E-state index contributed by atoms with van der Waals surface area (Å²) >= 11 is 0. The van der Waals surface area contributed by atoms with Gasteiger partial charge >= 0.3 is 5.97 Å². The Morgan fingerprint density at radius 1 is 1.03 bits per heavy atom. The van der Waals surface area contributed by atoms with E-state index in [0.29, 0.717) is 19.6 Å². The highest BCUT2D eigenvalue weighted by atomic mass is 19.1. The van der Waals surface area contributed by atoms with Crippen molar-refractivity contribution in [2.45, 2.75) is 58.3 Å².